The Balaban J connectivity index is 2.65. The van der Waals surface area contributed by atoms with E-state index in [9.17, 15) is 13.4 Å². The maximum Gasteiger partial charge on any atom is 0.313 e. The van der Waals surface area contributed by atoms with Crippen LogP contribution in [0.2, 0.25) is 0 Å². The van der Waals surface area contributed by atoms with Crippen LogP contribution in [-0.2, 0) is 20.5 Å². The molecule has 1 fully saturated rings. The number of methoxy groups -OCH3 is 2. The van der Waals surface area contributed by atoms with Gasteiger partial charge in [-0.1, -0.05) is 12.8 Å². The summed E-state index contributed by atoms with van der Waals surface area (Å²) in [5.41, 5.74) is -0.466. The second-order valence-corrected chi connectivity index (χ2v) is 10.6. The van der Waals surface area contributed by atoms with Crippen molar-refractivity contribution in [3.8, 4) is 5.75 Å². The van der Waals surface area contributed by atoms with Crippen molar-refractivity contribution in [3.63, 3.8) is 0 Å². The molecule has 2 rings (SSSR count). The number of hydrogen-bond acceptors (Lipinski definition) is 4. The molecule has 0 aliphatic heterocycles. The van der Waals surface area contributed by atoms with Crippen LogP contribution in [0.3, 0.4) is 0 Å². The molecular weight excluding hydrogens is 437 g/mol. The quantitative estimate of drug-likeness (QED) is 0.633. The predicted octanol–water partition coefficient (Wildman–Crippen LogP) is 4.42. The normalized spacial score (nSPS) is 18.8. The predicted molar refractivity (Wildman–Crippen MR) is 107 cm³/mol. The van der Waals surface area contributed by atoms with Crippen LogP contribution in [0.5, 0.6) is 5.75 Å². The second-order valence-electron chi connectivity index (χ2n) is 7.80. The summed E-state index contributed by atoms with van der Waals surface area (Å²) in [7, 11) is 1.36. The van der Waals surface area contributed by atoms with Gasteiger partial charge >= 0.3 is 5.97 Å². The number of carbonyl (C=O) groups is 1. The SMILES string of the molecule is COC(=O)C1([C@@H](N[S@@](=O)C(C)(C)C)c2cc(F)c(Br)cc2OC)CCCC1. The minimum atomic E-state index is -1.48. The van der Waals surface area contributed by atoms with Gasteiger partial charge in [-0.2, -0.15) is 0 Å². The van der Waals surface area contributed by atoms with Crippen molar-refractivity contribution in [2.45, 2.75) is 57.2 Å². The van der Waals surface area contributed by atoms with Crippen LogP contribution in [0.4, 0.5) is 4.39 Å². The average molecular weight is 464 g/mol. The molecule has 0 aromatic heterocycles. The van der Waals surface area contributed by atoms with Crippen molar-refractivity contribution in [1.82, 2.24) is 4.72 Å². The molecule has 5 nitrogen and oxygen atoms in total. The lowest BCUT2D eigenvalue weighted by atomic mass is 9.75. The number of hydrogen-bond donors (Lipinski definition) is 1. The molecule has 1 aromatic rings. The highest BCUT2D eigenvalue weighted by Gasteiger charge is 2.51. The van der Waals surface area contributed by atoms with Gasteiger partial charge in [0, 0.05) is 5.56 Å². The molecule has 1 aliphatic rings. The lowest BCUT2D eigenvalue weighted by Crippen LogP contribution is -2.46. The number of esters is 1. The molecule has 0 radical (unpaired) electrons. The van der Waals surface area contributed by atoms with Crippen LogP contribution < -0.4 is 9.46 Å². The van der Waals surface area contributed by atoms with Gasteiger partial charge in [-0.25, -0.2) is 13.3 Å². The van der Waals surface area contributed by atoms with Crippen molar-refractivity contribution < 1.29 is 22.9 Å². The molecule has 2 atom stereocenters. The smallest absolute Gasteiger partial charge is 0.313 e. The minimum Gasteiger partial charge on any atom is -0.496 e. The molecule has 0 unspecified atom stereocenters. The van der Waals surface area contributed by atoms with Crippen LogP contribution in [-0.4, -0.2) is 29.1 Å². The van der Waals surface area contributed by atoms with Crippen molar-refractivity contribution in [2.24, 2.45) is 5.41 Å². The van der Waals surface area contributed by atoms with Crippen molar-refractivity contribution in [2.75, 3.05) is 14.2 Å². The van der Waals surface area contributed by atoms with Gasteiger partial charge in [-0.15, -0.1) is 0 Å². The number of nitrogens with one attached hydrogen (secondary N) is 1. The summed E-state index contributed by atoms with van der Waals surface area (Å²) in [4.78, 5) is 12.8. The van der Waals surface area contributed by atoms with Gasteiger partial charge < -0.3 is 9.47 Å². The van der Waals surface area contributed by atoms with E-state index in [0.29, 0.717) is 24.2 Å². The fourth-order valence-electron chi connectivity index (χ4n) is 3.52. The number of ether oxygens (including phenoxy) is 2. The Bertz CT molecular complexity index is 729. The van der Waals surface area contributed by atoms with Gasteiger partial charge in [0.2, 0.25) is 0 Å². The maximum atomic E-state index is 14.4. The third-order valence-corrected chi connectivity index (χ3v) is 7.17. The van der Waals surface area contributed by atoms with Gasteiger partial charge in [-0.05, 0) is 61.7 Å². The molecule has 0 saturated heterocycles. The fourth-order valence-corrected chi connectivity index (χ4v) is 4.77. The van der Waals surface area contributed by atoms with Crippen molar-refractivity contribution in [1.29, 1.82) is 0 Å². The van der Waals surface area contributed by atoms with E-state index in [1.54, 1.807) is 0 Å². The van der Waals surface area contributed by atoms with Gasteiger partial charge in [0.1, 0.15) is 11.6 Å². The van der Waals surface area contributed by atoms with Gasteiger partial charge in [0.05, 0.1) is 45.9 Å². The van der Waals surface area contributed by atoms with Gasteiger partial charge in [-0.3, -0.25) is 4.79 Å². The zero-order valence-electron chi connectivity index (χ0n) is 16.4. The molecule has 0 amide bonds. The van der Waals surface area contributed by atoms with E-state index in [2.05, 4.69) is 20.7 Å². The molecule has 1 saturated carbocycles. The zero-order chi connectivity index (χ0) is 20.4. The van der Waals surface area contributed by atoms with Gasteiger partial charge in [0.15, 0.2) is 0 Å². The molecule has 0 heterocycles. The second kappa shape index (κ2) is 8.57. The molecule has 1 N–H and O–H groups in total. The maximum absolute atomic E-state index is 14.4. The first kappa shape index (κ1) is 22.3. The highest BCUT2D eigenvalue weighted by Crippen LogP contribution is 2.51. The third-order valence-electron chi connectivity index (χ3n) is 5.00. The zero-order valence-corrected chi connectivity index (χ0v) is 18.8. The topological polar surface area (TPSA) is 64.6 Å². The summed E-state index contributed by atoms with van der Waals surface area (Å²) in [5.74, 6) is -0.437. The van der Waals surface area contributed by atoms with Crippen LogP contribution in [0.1, 0.15) is 58.1 Å². The van der Waals surface area contributed by atoms with E-state index in [1.165, 1.54) is 26.4 Å². The minimum absolute atomic E-state index is 0.261. The Kier molecular flexibility index (Phi) is 7.08. The van der Waals surface area contributed by atoms with E-state index in [0.717, 1.165) is 12.8 Å². The van der Waals surface area contributed by atoms with Crippen LogP contribution >= 0.6 is 15.9 Å². The lowest BCUT2D eigenvalue weighted by molar-refractivity contribution is -0.154. The Morgan fingerprint density at radius 2 is 1.89 bits per heavy atom. The number of rotatable bonds is 6. The van der Waals surface area contributed by atoms with Crippen LogP contribution in [0.15, 0.2) is 16.6 Å². The van der Waals surface area contributed by atoms with E-state index in [4.69, 9.17) is 9.47 Å². The summed E-state index contributed by atoms with van der Waals surface area (Å²) in [6, 6.07) is 2.16. The van der Waals surface area contributed by atoms with Crippen molar-refractivity contribution >= 4 is 32.9 Å². The number of halogens is 2. The Morgan fingerprint density at radius 3 is 2.37 bits per heavy atom. The summed E-state index contributed by atoms with van der Waals surface area (Å²) in [5, 5.41) is 0. The largest absolute Gasteiger partial charge is 0.496 e. The van der Waals surface area contributed by atoms with Gasteiger partial charge in [0.25, 0.3) is 0 Å². The number of carbonyl (C=O) groups excluding carboxylic acids is 1. The molecule has 152 valence electrons. The number of benzene rings is 1. The van der Waals surface area contributed by atoms with E-state index >= 15 is 0 Å². The van der Waals surface area contributed by atoms with Crippen LogP contribution in [0.25, 0.3) is 0 Å². The Hall–Kier alpha value is -0.990. The highest BCUT2D eigenvalue weighted by molar-refractivity contribution is 9.10. The molecular formula is C19H27BrFNO4S. The first-order chi connectivity index (χ1) is 12.6. The third kappa shape index (κ3) is 4.54. The fraction of sp³-hybridized carbons (Fsp3) is 0.632. The van der Waals surface area contributed by atoms with Crippen LogP contribution in [0, 0.1) is 11.2 Å². The molecule has 27 heavy (non-hydrogen) atoms. The first-order valence-electron chi connectivity index (χ1n) is 8.86. The first-order valence-corrected chi connectivity index (χ1v) is 10.8. The average Bonchev–Trinajstić information content (AvgIpc) is 3.10. The summed E-state index contributed by atoms with van der Waals surface area (Å²) in [6.45, 7) is 5.52. The van der Waals surface area contributed by atoms with Crippen molar-refractivity contribution in [3.05, 3.63) is 28.0 Å². The lowest BCUT2D eigenvalue weighted by Gasteiger charge is -2.37. The monoisotopic (exact) mass is 463 g/mol. The van der Waals surface area contributed by atoms with E-state index < -0.39 is 33.0 Å². The standard InChI is InChI=1S/C19H27BrFNO4S/c1-18(2,3)27(24)22-16(19(17(23)26-5)8-6-7-9-19)12-10-14(21)13(20)11-15(12)25-4/h10-11,16,22H,6-9H2,1-5H3/t16-,27-/m0/s1. The Morgan fingerprint density at radius 1 is 1.30 bits per heavy atom. The highest BCUT2D eigenvalue weighted by atomic mass is 79.9. The molecule has 0 spiro atoms. The molecule has 0 bridgehead atoms. The summed E-state index contributed by atoms with van der Waals surface area (Å²) < 4.78 is 40.7. The molecule has 1 aliphatic carbocycles. The summed E-state index contributed by atoms with van der Waals surface area (Å²) in [6.07, 6.45) is 2.83. The molecule has 8 heteroatoms. The van der Waals surface area contributed by atoms with E-state index in [-0.39, 0.29) is 10.4 Å². The van der Waals surface area contributed by atoms with E-state index in [1.807, 2.05) is 20.8 Å². The summed E-state index contributed by atoms with van der Waals surface area (Å²) >= 11 is 3.17. The molecule has 1 aromatic carbocycles. The Labute approximate surface area is 171 Å².